The minimum atomic E-state index is -0.284. The lowest BCUT2D eigenvalue weighted by Gasteiger charge is -2.12. The van der Waals surface area contributed by atoms with Gasteiger partial charge in [-0.3, -0.25) is 4.79 Å². The van der Waals surface area contributed by atoms with Gasteiger partial charge in [0.05, 0.1) is 24.1 Å². The molecule has 1 N–H and O–H groups in total. The van der Waals surface area contributed by atoms with E-state index in [4.69, 9.17) is 4.42 Å². The Morgan fingerprint density at radius 2 is 2.30 bits per heavy atom. The second kappa shape index (κ2) is 6.56. The fourth-order valence-corrected chi connectivity index (χ4v) is 2.48. The monoisotopic (exact) mass is 295 g/mol. The van der Waals surface area contributed by atoms with Gasteiger partial charge in [-0.25, -0.2) is 4.68 Å². The summed E-state index contributed by atoms with van der Waals surface area (Å²) in [5, 5.41) is 14.6. The van der Waals surface area contributed by atoms with Crippen molar-refractivity contribution in [2.75, 3.05) is 0 Å². The minimum Gasteiger partial charge on any atom is -0.467 e. The topological polar surface area (TPSA) is 85.8 Å². The molecule has 0 radical (unpaired) electrons. The molecule has 8 heteroatoms. The molecule has 2 aromatic rings. The van der Waals surface area contributed by atoms with E-state index >= 15 is 0 Å². The van der Waals surface area contributed by atoms with Crippen molar-refractivity contribution in [1.29, 1.82) is 0 Å². The first-order valence-electron chi connectivity index (χ1n) is 6.32. The zero-order valence-corrected chi connectivity index (χ0v) is 12.4. The fourth-order valence-electron chi connectivity index (χ4n) is 1.53. The Kier molecular flexibility index (Phi) is 4.78. The smallest absolute Gasteiger partial charge is 0.233 e. The Labute approximate surface area is 121 Å². The van der Waals surface area contributed by atoms with Gasteiger partial charge in [-0.2, -0.15) is 0 Å². The average Bonchev–Trinajstić information content (AvgIpc) is 3.06. The summed E-state index contributed by atoms with van der Waals surface area (Å²) < 4.78 is 6.86. The molecular weight excluding hydrogens is 278 g/mol. The molecule has 0 spiro atoms. The number of amides is 1. The number of rotatable bonds is 6. The SMILES string of the molecule is CC(Sc1nnnn1C(C)C)C(=O)NCc1ccco1. The fraction of sp³-hybridized carbons (Fsp3) is 0.500. The molecule has 108 valence electrons. The first-order chi connectivity index (χ1) is 9.58. The van der Waals surface area contributed by atoms with E-state index in [1.807, 2.05) is 26.8 Å². The van der Waals surface area contributed by atoms with Gasteiger partial charge in [-0.1, -0.05) is 11.8 Å². The zero-order chi connectivity index (χ0) is 14.5. The van der Waals surface area contributed by atoms with Crippen LogP contribution in [0.25, 0.3) is 0 Å². The zero-order valence-electron chi connectivity index (χ0n) is 11.6. The van der Waals surface area contributed by atoms with E-state index in [9.17, 15) is 4.79 Å². The van der Waals surface area contributed by atoms with Crippen LogP contribution in [0.3, 0.4) is 0 Å². The molecule has 0 fully saturated rings. The van der Waals surface area contributed by atoms with Gasteiger partial charge in [0.1, 0.15) is 5.76 Å². The van der Waals surface area contributed by atoms with Crippen molar-refractivity contribution in [2.24, 2.45) is 0 Å². The molecule has 1 amide bonds. The summed E-state index contributed by atoms with van der Waals surface area (Å²) in [4.78, 5) is 12.0. The highest BCUT2D eigenvalue weighted by Gasteiger charge is 2.19. The van der Waals surface area contributed by atoms with Gasteiger partial charge in [0, 0.05) is 0 Å². The van der Waals surface area contributed by atoms with Gasteiger partial charge in [-0.05, 0) is 43.3 Å². The van der Waals surface area contributed by atoms with E-state index < -0.39 is 0 Å². The molecule has 2 heterocycles. The molecule has 1 unspecified atom stereocenters. The lowest BCUT2D eigenvalue weighted by Crippen LogP contribution is -2.30. The van der Waals surface area contributed by atoms with E-state index in [0.29, 0.717) is 11.7 Å². The molecule has 2 rings (SSSR count). The number of nitrogens with one attached hydrogen (secondary N) is 1. The third kappa shape index (κ3) is 3.60. The number of nitrogens with zero attached hydrogens (tertiary/aromatic N) is 4. The lowest BCUT2D eigenvalue weighted by molar-refractivity contribution is -0.120. The van der Waals surface area contributed by atoms with Crippen LogP contribution in [0, 0.1) is 0 Å². The Bertz CT molecular complexity index is 552. The summed E-state index contributed by atoms with van der Waals surface area (Å²) in [5.41, 5.74) is 0. The van der Waals surface area contributed by atoms with Gasteiger partial charge in [0.25, 0.3) is 0 Å². The first-order valence-corrected chi connectivity index (χ1v) is 7.20. The van der Waals surface area contributed by atoms with Gasteiger partial charge >= 0.3 is 0 Å². The summed E-state index contributed by atoms with van der Waals surface area (Å²) in [7, 11) is 0. The van der Waals surface area contributed by atoms with Crippen LogP contribution in [-0.4, -0.2) is 31.4 Å². The predicted molar refractivity (Wildman–Crippen MR) is 74.1 cm³/mol. The van der Waals surface area contributed by atoms with E-state index in [1.165, 1.54) is 11.8 Å². The molecule has 0 aliphatic carbocycles. The summed E-state index contributed by atoms with van der Waals surface area (Å²) in [5.74, 6) is 0.646. The maximum Gasteiger partial charge on any atom is 0.233 e. The van der Waals surface area contributed by atoms with Gasteiger partial charge in [0.15, 0.2) is 0 Å². The van der Waals surface area contributed by atoms with Crippen LogP contribution in [0.4, 0.5) is 0 Å². The van der Waals surface area contributed by atoms with Crippen molar-refractivity contribution in [1.82, 2.24) is 25.5 Å². The van der Waals surface area contributed by atoms with Gasteiger partial charge in [-0.15, -0.1) is 5.10 Å². The number of aromatic nitrogens is 4. The third-order valence-corrected chi connectivity index (χ3v) is 3.67. The van der Waals surface area contributed by atoms with Crippen molar-refractivity contribution in [2.45, 2.75) is 43.8 Å². The predicted octanol–water partition coefficient (Wildman–Crippen LogP) is 1.64. The summed E-state index contributed by atoms with van der Waals surface area (Å²) in [6.07, 6.45) is 1.58. The molecule has 0 aromatic carbocycles. The quantitative estimate of drug-likeness (QED) is 0.815. The Morgan fingerprint density at radius 1 is 1.50 bits per heavy atom. The second-order valence-electron chi connectivity index (χ2n) is 4.56. The number of hydrogen-bond acceptors (Lipinski definition) is 6. The van der Waals surface area contributed by atoms with E-state index in [1.54, 1.807) is 17.0 Å². The highest BCUT2D eigenvalue weighted by molar-refractivity contribution is 8.00. The molecule has 0 saturated heterocycles. The molecule has 0 bridgehead atoms. The molecular formula is C12H17N5O2S. The van der Waals surface area contributed by atoms with Crippen molar-refractivity contribution >= 4 is 17.7 Å². The van der Waals surface area contributed by atoms with Crippen LogP contribution < -0.4 is 5.32 Å². The van der Waals surface area contributed by atoms with Crippen LogP contribution in [0.2, 0.25) is 0 Å². The van der Waals surface area contributed by atoms with E-state index in [2.05, 4.69) is 20.8 Å². The summed E-state index contributed by atoms with van der Waals surface area (Å²) >= 11 is 1.33. The number of tetrazole rings is 1. The molecule has 0 aliphatic heterocycles. The molecule has 2 aromatic heterocycles. The third-order valence-electron chi connectivity index (χ3n) is 2.62. The van der Waals surface area contributed by atoms with Crippen LogP contribution in [0.5, 0.6) is 0 Å². The normalized spacial score (nSPS) is 12.6. The number of carbonyl (C=O) groups is 1. The number of hydrogen-bond donors (Lipinski definition) is 1. The number of thioether (sulfide) groups is 1. The average molecular weight is 295 g/mol. The van der Waals surface area contributed by atoms with Crippen LogP contribution in [0.15, 0.2) is 28.0 Å². The van der Waals surface area contributed by atoms with Crippen molar-refractivity contribution in [3.05, 3.63) is 24.2 Å². The highest BCUT2D eigenvalue weighted by Crippen LogP contribution is 2.22. The van der Waals surface area contributed by atoms with Crippen LogP contribution in [0.1, 0.15) is 32.6 Å². The second-order valence-corrected chi connectivity index (χ2v) is 5.86. The number of furan rings is 1. The summed E-state index contributed by atoms with van der Waals surface area (Å²) in [6.45, 7) is 6.18. The molecule has 0 saturated carbocycles. The molecule has 1 atom stereocenters. The van der Waals surface area contributed by atoms with E-state index in [0.717, 1.165) is 5.76 Å². The van der Waals surface area contributed by atoms with Gasteiger partial charge < -0.3 is 9.73 Å². The maximum atomic E-state index is 12.0. The minimum absolute atomic E-state index is 0.0790. The molecule has 7 nitrogen and oxygen atoms in total. The Morgan fingerprint density at radius 3 is 2.95 bits per heavy atom. The first kappa shape index (κ1) is 14.6. The highest BCUT2D eigenvalue weighted by atomic mass is 32.2. The molecule has 20 heavy (non-hydrogen) atoms. The summed E-state index contributed by atoms with van der Waals surface area (Å²) in [6, 6.07) is 3.76. The van der Waals surface area contributed by atoms with Crippen LogP contribution in [-0.2, 0) is 11.3 Å². The van der Waals surface area contributed by atoms with Crippen molar-refractivity contribution in [3.8, 4) is 0 Å². The standard InChI is InChI=1S/C12H17N5O2S/c1-8(2)17-12(14-15-16-17)20-9(3)11(18)13-7-10-5-4-6-19-10/h4-6,8-9H,7H2,1-3H3,(H,13,18). The molecule has 0 aliphatic rings. The van der Waals surface area contributed by atoms with Gasteiger partial charge in [0.2, 0.25) is 11.1 Å². The Balaban J connectivity index is 1.89. The number of carbonyl (C=O) groups excluding carboxylic acids is 1. The lowest BCUT2D eigenvalue weighted by atomic mass is 10.4. The van der Waals surface area contributed by atoms with Crippen molar-refractivity contribution < 1.29 is 9.21 Å². The maximum absolute atomic E-state index is 12.0. The van der Waals surface area contributed by atoms with E-state index in [-0.39, 0.29) is 17.2 Å². The Hall–Kier alpha value is -1.83. The van der Waals surface area contributed by atoms with Crippen LogP contribution >= 0.6 is 11.8 Å². The largest absolute Gasteiger partial charge is 0.467 e. The van der Waals surface area contributed by atoms with Crippen molar-refractivity contribution in [3.63, 3.8) is 0 Å².